The highest BCUT2D eigenvalue weighted by Gasteiger charge is 2.48. The number of aliphatic hydroxyl groups is 3. The van der Waals surface area contributed by atoms with Crippen LogP contribution in [0.2, 0.25) is 0 Å². The number of ether oxygens (including phenoxy) is 1. The van der Waals surface area contributed by atoms with Gasteiger partial charge in [0.15, 0.2) is 0 Å². The number of carbonyl (C=O) groups excluding carboxylic acids is 1. The van der Waals surface area contributed by atoms with E-state index in [1.165, 1.54) is 24.5 Å². The third kappa shape index (κ3) is 5.88. The summed E-state index contributed by atoms with van der Waals surface area (Å²) in [4.78, 5) is 14.9. The highest BCUT2D eigenvalue weighted by Crippen LogP contribution is 2.31. The first kappa shape index (κ1) is 25.4. The Hall–Kier alpha value is -0.870. The summed E-state index contributed by atoms with van der Waals surface area (Å²) in [7, 11) is 0. The van der Waals surface area contributed by atoms with Gasteiger partial charge in [0, 0.05) is 6.54 Å². The number of hydrogen-bond acceptors (Lipinski definition) is 7. The van der Waals surface area contributed by atoms with Crippen LogP contribution in [0, 0.1) is 17.2 Å². The second-order valence-electron chi connectivity index (χ2n) is 8.89. The molecule has 2 heterocycles. The quantitative estimate of drug-likeness (QED) is 0.194. The van der Waals surface area contributed by atoms with Crippen molar-refractivity contribution in [3.05, 3.63) is 0 Å². The number of rotatable bonds is 10. The fourth-order valence-corrected chi connectivity index (χ4v) is 5.18. The van der Waals surface area contributed by atoms with Crippen LogP contribution < -0.4 is 5.32 Å². The van der Waals surface area contributed by atoms with Crippen LogP contribution >= 0.6 is 11.8 Å². The van der Waals surface area contributed by atoms with Gasteiger partial charge in [0.2, 0.25) is 5.91 Å². The number of amides is 1. The van der Waals surface area contributed by atoms with Gasteiger partial charge in [-0.2, -0.15) is 0 Å². The summed E-state index contributed by atoms with van der Waals surface area (Å²) in [6, 6.07) is -0.945. The third-order valence-electron chi connectivity index (χ3n) is 6.33. The van der Waals surface area contributed by atoms with Gasteiger partial charge in [-0.1, -0.05) is 40.0 Å². The summed E-state index contributed by atoms with van der Waals surface area (Å²) in [5, 5.41) is 41.6. The van der Waals surface area contributed by atoms with Crippen LogP contribution in [0.1, 0.15) is 52.9 Å². The molecule has 2 fully saturated rings. The van der Waals surface area contributed by atoms with Gasteiger partial charge >= 0.3 is 0 Å². The van der Waals surface area contributed by atoms with Crippen LogP contribution in [0.15, 0.2) is 0 Å². The molecule has 0 spiro atoms. The maximum atomic E-state index is 13.1. The molecule has 1 amide bonds. The molecule has 5 N–H and O–H groups in total. The number of likely N-dealkylation sites (tertiary alicyclic amines) is 1. The lowest BCUT2D eigenvalue weighted by Gasteiger charge is -2.44. The Bertz CT molecular complexity index is 565. The van der Waals surface area contributed by atoms with Crippen molar-refractivity contribution < 1.29 is 24.9 Å². The van der Waals surface area contributed by atoms with Crippen LogP contribution in [0.5, 0.6) is 0 Å². The number of hydrogen-bond donors (Lipinski definition) is 5. The second-order valence-corrected chi connectivity index (χ2v) is 9.83. The van der Waals surface area contributed by atoms with E-state index in [9.17, 15) is 20.1 Å². The fourth-order valence-electron chi connectivity index (χ4n) is 4.50. The normalized spacial score (nSPS) is 35.5. The molecule has 2 rings (SSSR count). The van der Waals surface area contributed by atoms with Crippen LogP contribution in [0.4, 0.5) is 0 Å². The summed E-state index contributed by atoms with van der Waals surface area (Å²) >= 11 is 1.26. The first-order valence-corrected chi connectivity index (χ1v) is 12.3. The standard InChI is InChI=1S/C21H39N3O5S/c1-5-6-7-8-13-9-14(24(10-13)11-22)20(28)23-15(12(2)3)19-17(26)16(25)18(27)21(29-19)30-4/h11-19,21-22,25-27H,5-10H2,1-4H3,(H,23,28)/t13-,14+,15-,16+,17?,18-,19?,21-/m1/s1. The number of nitrogens with one attached hydrogen (secondary N) is 2. The Morgan fingerprint density at radius 3 is 2.53 bits per heavy atom. The van der Waals surface area contributed by atoms with Gasteiger partial charge < -0.3 is 30.3 Å². The monoisotopic (exact) mass is 445 g/mol. The molecule has 8 atom stereocenters. The van der Waals surface area contributed by atoms with E-state index in [-0.39, 0.29) is 11.8 Å². The number of aliphatic hydroxyl groups excluding tert-OH is 3. The first-order chi connectivity index (χ1) is 14.2. The minimum absolute atomic E-state index is 0.0614. The topological polar surface area (TPSA) is 126 Å². The summed E-state index contributed by atoms with van der Waals surface area (Å²) in [5.74, 6) is 0.141. The molecule has 9 heteroatoms. The molecule has 0 aromatic heterocycles. The molecule has 30 heavy (non-hydrogen) atoms. The molecule has 2 aliphatic heterocycles. The van der Waals surface area contributed by atoms with E-state index in [1.54, 1.807) is 11.2 Å². The third-order valence-corrected chi connectivity index (χ3v) is 7.18. The minimum Gasteiger partial charge on any atom is -0.388 e. The van der Waals surface area contributed by atoms with E-state index < -0.39 is 41.9 Å². The van der Waals surface area contributed by atoms with Gasteiger partial charge in [-0.25, -0.2) is 0 Å². The summed E-state index contributed by atoms with van der Waals surface area (Å²) < 4.78 is 5.89. The zero-order valence-corrected chi connectivity index (χ0v) is 19.3. The average Bonchev–Trinajstić information content (AvgIpc) is 3.14. The molecule has 2 saturated heterocycles. The molecule has 2 aliphatic rings. The SMILES string of the molecule is CCCCC[C@@H]1C[C@@H](C(=O)N[C@H](C(C)C)C2O[C@H](SC)[C@H](O)[C@@H](O)C2O)N(C=N)C1. The predicted octanol–water partition coefficient (Wildman–Crippen LogP) is 1.18. The zero-order chi connectivity index (χ0) is 22.4. The lowest BCUT2D eigenvalue weighted by molar-refractivity contribution is -0.208. The lowest BCUT2D eigenvalue weighted by Crippen LogP contribution is -2.64. The van der Waals surface area contributed by atoms with Gasteiger partial charge in [-0.3, -0.25) is 10.2 Å². The van der Waals surface area contributed by atoms with Crippen molar-refractivity contribution in [2.45, 2.75) is 94.8 Å². The van der Waals surface area contributed by atoms with Crippen LogP contribution in [-0.4, -0.2) is 87.2 Å². The van der Waals surface area contributed by atoms with Gasteiger partial charge in [-0.05, 0) is 30.9 Å². The maximum Gasteiger partial charge on any atom is 0.243 e. The minimum atomic E-state index is -1.34. The number of nitrogens with zero attached hydrogens (tertiary/aromatic N) is 1. The summed E-state index contributed by atoms with van der Waals surface area (Å²) in [6.07, 6.45) is 3.56. The maximum absolute atomic E-state index is 13.1. The highest BCUT2D eigenvalue weighted by atomic mass is 32.2. The van der Waals surface area contributed by atoms with Crippen molar-refractivity contribution in [3.63, 3.8) is 0 Å². The Kier molecular flexibility index (Phi) is 9.87. The summed E-state index contributed by atoms with van der Waals surface area (Å²) in [5.41, 5.74) is -0.681. The molecule has 2 unspecified atom stereocenters. The Labute approximate surface area is 184 Å². The molecule has 0 bridgehead atoms. The van der Waals surface area contributed by atoms with E-state index in [2.05, 4.69) is 12.2 Å². The molecule has 0 radical (unpaired) electrons. The van der Waals surface area contributed by atoms with Gasteiger partial charge in [0.25, 0.3) is 0 Å². The van der Waals surface area contributed by atoms with Crippen molar-refractivity contribution in [1.29, 1.82) is 5.41 Å². The largest absolute Gasteiger partial charge is 0.388 e. The molecule has 0 aromatic rings. The molecule has 0 aliphatic carbocycles. The number of unbranched alkanes of at least 4 members (excludes halogenated alkanes) is 2. The molecule has 0 aromatic carbocycles. The smallest absolute Gasteiger partial charge is 0.243 e. The molecular formula is C21H39N3O5S. The molecule has 8 nitrogen and oxygen atoms in total. The number of thioether (sulfide) groups is 1. The van der Waals surface area contributed by atoms with Gasteiger partial charge in [0.1, 0.15) is 35.9 Å². The van der Waals surface area contributed by atoms with Crippen molar-refractivity contribution in [1.82, 2.24) is 10.2 Å². The average molecular weight is 446 g/mol. The summed E-state index contributed by atoms with van der Waals surface area (Å²) in [6.45, 7) is 6.71. The van der Waals surface area contributed by atoms with Crippen molar-refractivity contribution in [2.24, 2.45) is 11.8 Å². The second kappa shape index (κ2) is 11.7. The van der Waals surface area contributed by atoms with E-state index in [0.29, 0.717) is 18.9 Å². The van der Waals surface area contributed by atoms with Crippen LogP contribution in [0.3, 0.4) is 0 Å². The predicted molar refractivity (Wildman–Crippen MR) is 118 cm³/mol. The Morgan fingerprint density at radius 1 is 1.27 bits per heavy atom. The van der Waals surface area contributed by atoms with Crippen molar-refractivity contribution in [3.8, 4) is 0 Å². The van der Waals surface area contributed by atoms with Crippen molar-refractivity contribution >= 4 is 24.0 Å². The lowest BCUT2D eigenvalue weighted by atomic mass is 9.88. The Morgan fingerprint density at radius 2 is 1.97 bits per heavy atom. The zero-order valence-electron chi connectivity index (χ0n) is 18.5. The molecular weight excluding hydrogens is 406 g/mol. The molecule has 174 valence electrons. The fraction of sp³-hybridized carbons (Fsp3) is 0.905. The molecule has 0 saturated carbocycles. The van der Waals surface area contributed by atoms with E-state index in [4.69, 9.17) is 10.1 Å². The van der Waals surface area contributed by atoms with E-state index >= 15 is 0 Å². The Balaban J connectivity index is 2.08. The van der Waals surface area contributed by atoms with Gasteiger partial charge in [0.05, 0.1) is 12.4 Å². The number of carbonyl (C=O) groups is 1. The van der Waals surface area contributed by atoms with Gasteiger partial charge in [-0.15, -0.1) is 11.8 Å². The van der Waals surface area contributed by atoms with Crippen molar-refractivity contribution in [2.75, 3.05) is 12.8 Å². The van der Waals surface area contributed by atoms with Crippen LogP contribution in [0.25, 0.3) is 0 Å². The van der Waals surface area contributed by atoms with Crippen LogP contribution in [-0.2, 0) is 9.53 Å². The van der Waals surface area contributed by atoms with E-state index in [0.717, 1.165) is 19.3 Å². The first-order valence-electron chi connectivity index (χ1n) is 11.0. The van der Waals surface area contributed by atoms with E-state index in [1.807, 2.05) is 13.8 Å². The highest BCUT2D eigenvalue weighted by molar-refractivity contribution is 7.99.